The third-order valence-electron chi connectivity index (χ3n) is 8.63. The maximum absolute atomic E-state index is 15.2. The van der Waals surface area contributed by atoms with Crippen molar-refractivity contribution >= 4 is 17.5 Å². The van der Waals surface area contributed by atoms with Gasteiger partial charge in [-0.3, -0.25) is 4.79 Å². The van der Waals surface area contributed by atoms with E-state index in [4.69, 9.17) is 21.6 Å². The first kappa shape index (κ1) is 35.5. The van der Waals surface area contributed by atoms with Crippen molar-refractivity contribution in [1.82, 2.24) is 10.2 Å². The molecule has 0 radical (unpaired) electrons. The Morgan fingerprint density at radius 1 is 1.24 bits per heavy atom. The van der Waals surface area contributed by atoms with Crippen LogP contribution < -0.4 is 5.32 Å². The zero-order chi connectivity index (χ0) is 30.3. The fourth-order valence-corrected chi connectivity index (χ4v) is 6.60. The second-order valence-corrected chi connectivity index (χ2v) is 12.7. The quantitative estimate of drug-likeness (QED) is 0.239. The molecule has 3 rings (SSSR count). The van der Waals surface area contributed by atoms with Gasteiger partial charge >= 0.3 is 0 Å². The minimum Gasteiger partial charge on any atom is -0.385 e. The van der Waals surface area contributed by atoms with Crippen molar-refractivity contribution < 1.29 is 19.0 Å². The molecule has 0 unspecified atom stereocenters. The van der Waals surface area contributed by atoms with E-state index >= 15 is 4.39 Å². The summed E-state index contributed by atoms with van der Waals surface area (Å²) in [5.41, 5.74) is -1.13. The molecule has 41 heavy (non-hydrogen) atoms. The molecular weight excluding hydrogens is 541 g/mol. The molecule has 2 N–H and O–H groups in total. The molecule has 8 heteroatoms. The van der Waals surface area contributed by atoms with Gasteiger partial charge in [-0.2, -0.15) is 5.26 Å². The van der Waals surface area contributed by atoms with Crippen LogP contribution >= 0.6 is 11.6 Å². The number of halogens is 2. The molecule has 232 valence electrons. The van der Waals surface area contributed by atoms with Gasteiger partial charge in [0.05, 0.1) is 16.7 Å². The minimum atomic E-state index is -1.38. The second-order valence-electron chi connectivity index (χ2n) is 12.3. The van der Waals surface area contributed by atoms with Crippen LogP contribution in [0.25, 0.3) is 0 Å². The molecule has 1 heterocycles. The van der Waals surface area contributed by atoms with Crippen molar-refractivity contribution in [1.29, 1.82) is 5.26 Å². The van der Waals surface area contributed by atoms with Gasteiger partial charge in [0.2, 0.25) is 5.91 Å². The highest BCUT2D eigenvalue weighted by atomic mass is 35.5. The van der Waals surface area contributed by atoms with Crippen LogP contribution in [-0.4, -0.2) is 56.3 Å². The van der Waals surface area contributed by atoms with Gasteiger partial charge in [-0.15, -0.1) is 0 Å². The van der Waals surface area contributed by atoms with Crippen LogP contribution in [0.2, 0.25) is 5.02 Å². The van der Waals surface area contributed by atoms with E-state index in [9.17, 15) is 9.90 Å². The summed E-state index contributed by atoms with van der Waals surface area (Å²) in [6.45, 7) is 6.30. The number of nitrogens with one attached hydrogen (secondary N) is 1. The summed E-state index contributed by atoms with van der Waals surface area (Å²) in [6, 6.07) is 6.88. The SMILES string of the molecule is CC(C)C#N.CNC[C@@H](CC(=O)N1CCC[C@@H]([C@@](O)(CCCCOC)c2cccc(Cl)c2F)C1)CC1CCCCC1. The van der Waals surface area contributed by atoms with Crippen LogP contribution in [0.1, 0.15) is 96.5 Å². The van der Waals surface area contributed by atoms with Crippen LogP contribution in [0, 0.1) is 40.8 Å². The zero-order valence-corrected chi connectivity index (χ0v) is 26.5. The van der Waals surface area contributed by atoms with Crippen molar-refractivity contribution in [3.8, 4) is 6.07 Å². The molecule has 2 aliphatic rings. The first-order chi connectivity index (χ1) is 19.7. The molecule has 1 saturated heterocycles. The highest BCUT2D eigenvalue weighted by Crippen LogP contribution is 2.42. The van der Waals surface area contributed by atoms with Crippen LogP contribution in [0.15, 0.2) is 18.2 Å². The predicted molar refractivity (Wildman–Crippen MR) is 164 cm³/mol. The minimum absolute atomic E-state index is 0.0178. The van der Waals surface area contributed by atoms with Crippen molar-refractivity contribution in [3.63, 3.8) is 0 Å². The number of likely N-dealkylation sites (tertiary alicyclic amines) is 1. The molecule has 1 aliphatic carbocycles. The summed E-state index contributed by atoms with van der Waals surface area (Å²) in [6.07, 6.45) is 11.6. The largest absolute Gasteiger partial charge is 0.385 e. The molecule has 1 aromatic rings. The number of hydrogen-bond donors (Lipinski definition) is 2. The molecule has 0 spiro atoms. The smallest absolute Gasteiger partial charge is 0.222 e. The van der Waals surface area contributed by atoms with Crippen LogP contribution in [0.5, 0.6) is 0 Å². The Labute approximate surface area is 253 Å². The average Bonchev–Trinajstić information content (AvgIpc) is 2.97. The monoisotopic (exact) mass is 593 g/mol. The van der Waals surface area contributed by atoms with Gasteiger partial charge in [0.1, 0.15) is 5.82 Å². The van der Waals surface area contributed by atoms with Crippen molar-refractivity contribution in [2.24, 2.45) is 23.7 Å². The number of carbonyl (C=O) groups excluding carboxylic acids is 1. The number of methoxy groups -OCH3 is 1. The van der Waals surface area contributed by atoms with Crippen molar-refractivity contribution in [2.75, 3.05) is 40.4 Å². The molecule has 0 aromatic heterocycles. The summed E-state index contributed by atoms with van der Waals surface area (Å²) in [7, 11) is 3.61. The maximum Gasteiger partial charge on any atom is 0.222 e. The third-order valence-corrected chi connectivity index (χ3v) is 8.92. The lowest BCUT2D eigenvalue weighted by Crippen LogP contribution is -2.49. The molecule has 2 fully saturated rings. The van der Waals surface area contributed by atoms with E-state index in [0.29, 0.717) is 44.9 Å². The molecular formula is C33H53ClFN3O3. The standard InChI is InChI=1S/C29H46ClFN2O3.C4H7N/c1-32-20-23(18-22-10-4-3-5-11-22)19-27(34)33-16-9-12-24(21-33)29(35,15-6-7-17-36-2)25-13-8-14-26(30)28(25)31;1-4(2)3-5/h8,13-14,22-24,32,35H,3-7,9-12,15-21H2,1-2H3;4H,1-2H3/t23-,24-,29+;/m1./s1. The number of nitrogens with zero attached hydrogens (tertiary/aromatic N) is 2. The summed E-state index contributed by atoms with van der Waals surface area (Å²) < 4.78 is 20.3. The van der Waals surface area contributed by atoms with Gasteiger partial charge in [0, 0.05) is 50.6 Å². The van der Waals surface area contributed by atoms with Crippen molar-refractivity contribution in [2.45, 2.75) is 96.5 Å². The van der Waals surface area contributed by atoms with E-state index in [1.165, 1.54) is 38.2 Å². The molecule has 1 aromatic carbocycles. The molecule has 6 nitrogen and oxygen atoms in total. The van der Waals surface area contributed by atoms with E-state index in [-0.39, 0.29) is 28.3 Å². The fourth-order valence-electron chi connectivity index (χ4n) is 6.43. The number of hydrogen-bond acceptors (Lipinski definition) is 5. The van der Waals surface area contributed by atoms with Gasteiger partial charge in [0.25, 0.3) is 0 Å². The number of nitriles is 1. The van der Waals surface area contributed by atoms with E-state index in [1.54, 1.807) is 19.2 Å². The normalized spacial score (nSPS) is 20.1. The van der Waals surface area contributed by atoms with Crippen LogP contribution in [-0.2, 0) is 15.1 Å². The highest BCUT2D eigenvalue weighted by Gasteiger charge is 2.43. The maximum atomic E-state index is 15.2. The molecule has 0 bridgehead atoms. The number of amides is 1. The van der Waals surface area contributed by atoms with E-state index in [2.05, 4.69) is 5.32 Å². The Bertz CT molecular complexity index is 950. The lowest BCUT2D eigenvalue weighted by molar-refractivity contribution is -0.138. The van der Waals surface area contributed by atoms with Crippen LogP contribution in [0.3, 0.4) is 0 Å². The Morgan fingerprint density at radius 3 is 2.59 bits per heavy atom. The molecule has 1 amide bonds. The molecule has 1 aliphatic heterocycles. The Kier molecular flexibility index (Phi) is 16.2. The second kappa shape index (κ2) is 18.7. The number of unbranched alkanes of at least 4 members (excludes halogenated alkanes) is 1. The number of aliphatic hydroxyl groups is 1. The summed E-state index contributed by atoms with van der Waals surface area (Å²) in [4.78, 5) is 15.4. The van der Waals surface area contributed by atoms with Gasteiger partial charge in [-0.05, 0) is 83.9 Å². The lowest BCUT2D eigenvalue weighted by atomic mass is 9.73. The number of piperidine rings is 1. The van der Waals surface area contributed by atoms with E-state index in [0.717, 1.165) is 38.1 Å². The number of rotatable bonds is 13. The summed E-state index contributed by atoms with van der Waals surface area (Å²) >= 11 is 6.11. The Hall–Kier alpha value is -1.72. The number of benzene rings is 1. The highest BCUT2D eigenvalue weighted by molar-refractivity contribution is 6.30. The Balaban J connectivity index is 0.00000108. The molecule has 3 atom stereocenters. The first-order valence-corrected chi connectivity index (χ1v) is 16.0. The lowest BCUT2D eigenvalue weighted by Gasteiger charge is -2.43. The topological polar surface area (TPSA) is 85.6 Å². The number of ether oxygens (including phenoxy) is 1. The van der Waals surface area contributed by atoms with Gasteiger partial charge in [-0.1, -0.05) is 55.8 Å². The predicted octanol–water partition coefficient (Wildman–Crippen LogP) is 7.08. The fraction of sp³-hybridized carbons (Fsp3) is 0.758. The summed E-state index contributed by atoms with van der Waals surface area (Å²) in [5, 5.41) is 23.2. The van der Waals surface area contributed by atoms with E-state index in [1.807, 2.05) is 31.9 Å². The molecule has 1 saturated carbocycles. The van der Waals surface area contributed by atoms with E-state index < -0.39 is 11.4 Å². The first-order valence-electron chi connectivity index (χ1n) is 15.6. The Morgan fingerprint density at radius 2 is 1.95 bits per heavy atom. The number of carbonyl (C=O) groups is 1. The van der Waals surface area contributed by atoms with Gasteiger partial charge < -0.3 is 20.1 Å². The third kappa shape index (κ3) is 11.5. The average molecular weight is 594 g/mol. The van der Waals surface area contributed by atoms with Crippen molar-refractivity contribution in [3.05, 3.63) is 34.6 Å². The zero-order valence-electron chi connectivity index (χ0n) is 25.8. The van der Waals surface area contributed by atoms with Gasteiger partial charge in [-0.25, -0.2) is 4.39 Å². The van der Waals surface area contributed by atoms with Crippen LogP contribution in [0.4, 0.5) is 4.39 Å². The van der Waals surface area contributed by atoms with Gasteiger partial charge in [0.15, 0.2) is 0 Å². The summed E-state index contributed by atoms with van der Waals surface area (Å²) in [5.74, 6) is 0.593.